The minimum atomic E-state index is -1.01. The summed E-state index contributed by atoms with van der Waals surface area (Å²) < 4.78 is 5.59. The van der Waals surface area contributed by atoms with Gasteiger partial charge in [0.15, 0.2) is 6.10 Å². The molecule has 0 spiro atoms. The molecule has 1 aliphatic heterocycles. The SMILES string of the molecule is Oc1cc(O)c2c(c1)OC(c1cc(O)ccc1O)C(O)C2. The molecular formula is C15H14O6. The maximum Gasteiger partial charge on any atom is 0.154 e. The molecule has 6 heteroatoms. The zero-order valence-electron chi connectivity index (χ0n) is 10.9. The van der Waals surface area contributed by atoms with Crippen molar-refractivity contribution < 1.29 is 30.3 Å². The summed E-state index contributed by atoms with van der Waals surface area (Å²) in [5.74, 6) is -0.289. The van der Waals surface area contributed by atoms with E-state index >= 15 is 0 Å². The number of phenols is 4. The molecule has 2 aromatic rings. The van der Waals surface area contributed by atoms with Gasteiger partial charge in [0.05, 0.1) is 6.10 Å². The van der Waals surface area contributed by atoms with E-state index in [4.69, 9.17) is 4.74 Å². The Balaban J connectivity index is 2.04. The number of hydrogen-bond donors (Lipinski definition) is 5. The van der Waals surface area contributed by atoms with Crippen LogP contribution in [0.25, 0.3) is 0 Å². The van der Waals surface area contributed by atoms with Crippen LogP contribution in [0.4, 0.5) is 0 Å². The van der Waals surface area contributed by atoms with Crippen molar-refractivity contribution in [3.63, 3.8) is 0 Å². The molecule has 0 fully saturated rings. The van der Waals surface area contributed by atoms with Gasteiger partial charge in [-0.05, 0) is 18.2 Å². The van der Waals surface area contributed by atoms with E-state index in [0.717, 1.165) is 0 Å². The van der Waals surface area contributed by atoms with Crippen LogP contribution < -0.4 is 4.74 Å². The van der Waals surface area contributed by atoms with Gasteiger partial charge in [-0.25, -0.2) is 0 Å². The van der Waals surface area contributed by atoms with E-state index in [0.29, 0.717) is 5.56 Å². The first-order valence-electron chi connectivity index (χ1n) is 6.37. The second kappa shape index (κ2) is 4.75. The summed E-state index contributed by atoms with van der Waals surface area (Å²) in [6.07, 6.45) is -1.83. The zero-order chi connectivity index (χ0) is 15.1. The van der Waals surface area contributed by atoms with Gasteiger partial charge in [-0.1, -0.05) is 0 Å². The summed E-state index contributed by atoms with van der Waals surface area (Å²) in [7, 11) is 0. The molecule has 110 valence electrons. The quantitative estimate of drug-likeness (QED) is 0.510. The van der Waals surface area contributed by atoms with Crippen LogP contribution in [0.5, 0.6) is 28.7 Å². The van der Waals surface area contributed by atoms with Gasteiger partial charge in [0, 0.05) is 29.7 Å². The number of ether oxygens (including phenoxy) is 1. The van der Waals surface area contributed by atoms with Crippen molar-refractivity contribution in [2.45, 2.75) is 18.6 Å². The Hall–Kier alpha value is -2.60. The van der Waals surface area contributed by atoms with E-state index in [1.165, 1.54) is 30.3 Å². The first-order valence-corrected chi connectivity index (χ1v) is 6.37. The number of aromatic hydroxyl groups is 4. The lowest BCUT2D eigenvalue weighted by atomic mass is 9.93. The Bertz CT molecular complexity index is 697. The average molecular weight is 290 g/mol. The first kappa shape index (κ1) is 13.4. The van der Waals surface area contributed by atoms with E-state index in [2.05, 4.69) is 0 Å². The molecule has 21 heavy (non-hydrogen) atoms. The number of aliphatic hydroxyl groups is 1. The van der Waals surface area contributed by atoms with Crippen molar-refractivity contribution in [3.8, 4) is 28.7 Å². The fourth-order valence-corrected chi connectivity index (χ4v) is 2.50. The number of hydrogen-bond acceptors (Lipinski definition) is 6. The minimum absolute atomic E-state index is 0.0665. The van der Waals surface area contributed by atoms with E-state index in [-0.39, 0.29) is 40.7 Å². The smallest absolute Gasteiger partial charge is 0.154 e. The predicted molar refractivity (Wildman–Crippen MR) is 72.6 cm³/mol. The van der Waals surface area contributed by atoms with Crippen molar-refractivity contribution in [2.75, 3.05) is 0 Å². The maximum absolute atomic E-state index is 10.2. The van der Waals surface area contributed by atoms with Crippen LogP contribution in [0.15, 0.2) is 30.3 Å². The fraction of sp³-hybridized carbons (Fsp3) is 0.200. The molecule has 1 aliphatic rings. The van der Waals surface area contributed by atoms with Gasteiger partial charge in [-0.15, -0.1) is 0 Å². The first-order chi connectivity index (χ1) is 9.95. The van der Waals surface area contributed by atoms with Crippen LogP contribution in [0.2, 0.25) is 0 Å². The van der Waals surface area contributed by atoms with Gasteiger partial charge in [-0.3, -0.25) is 0 Å². The summed E-state index contributed by atoms with van der Waals surface area (Å²) in [6, 6.07) is 6.42. The van der Waals surface area contributed by atoms with Crippen LogP contribution in [0.1, 0.15) is 17.2 Å². The molecule has 6 nitrogen and oxygen atoms in total. The summed E-state index contributed by atoms with van der Waals surface area (Å²) in [6.45, 7) is 0. The van der Waals surface area contributed by atoms with Gasteiger partial charge >= 0.3 is 0 Å². The molecule has 0 aliphatic carbocycles. The van der Waals surface area contributed by atoms with Gasteiger partial charge in [0.25, 0.3) is 0 Å². The Morgan fingerprint density at radius 3 is 2.43 bits per heavy atom. The van der Waals surface area contributed by atoms with Gasteiger partial charge in [-0.2, -0.15) is 0 Å². The molecule has 2 unspecified atom stereocenters. The van der Waals surface area contributed by atoms with Crippen molar-refractivity contribution in [2.24, 2.45) is 0 Å². The van der Waals surface area contributed by atoms with Crippen LogP contribution >= 0.6 is 0 Å². The molecule has 3 rings (SSSR count). The van der Waals surface area contributed by atoms with Crippen molar-refractivity contribution in [1.29, 1.82) is 0 Å². The van der Waals surface area contributed by atoms with E-state index < -0.39 is 12.2 Å². The number of rotatable bonds is 1. The van der Waals surface area contributed by atoms with E-state index in [1.807, 2.05) is 0 Å². The van der Waals surface area contributed by atoms with Crippen LogP contribution in [-0.2, 0) is 6.42 Å². The molecule has 1 heterocycles. The second-order valence-electron chi connectivity index (χ2n) is 4.99. The van der Waals surface area contributed by atoms with Crippen LogP contribution in [0, 0.1) is 0 Å². The van der Waals surface area contributed by atoms with Crippen LogP contribution in [0.3, 0.4) is 0 Å². The molecule has 2 atom stereocenters. The topological polar surface area (TPSA) is 110 Å². The Morgan fingerprint density at radius 2 is 1.67 bits per heavy atom. The molecule has 0 saturated heterocycles. The van der Waals surface area contributed by atoms with Crippen LogP contribution in [-0.4, -0.2) is 31.6 Å². The molecule has 5 N–H and O–H groups in total. The molecule has 0 radical (unpaired) electrons. The Kier molecular flexibility index (Phi) is 3.03. The minimum Gasteiger partial charge on any atom is -0.508 e. The fourth-order valence-electron chi connectivity index (χ4n) is 2.50. The summed E-state index contributed by atoms with van der Waals surface area (Å²) in [4.78, 5) is 0. The van der Waals surface area contributed by atoms with E-state index in [1.54, 1.807) is 0 Å². The molecule has 0 saturated carbocycles. The highest BCUT2D eigenvalue weighted by Crippen LogP contribution is 2.43. The molecule has 0 bridgehead atoms. The monoisotopic (exact) mass is 290 g/mol. The van der Waals surface area contributed by atoms with Gasteiger partial charge in [0.1, 0.15) is 28.7 Å². The van der Waals surface area contributed by atoms with Crippen molar-refractivity contribution in [3.05, 3.63) is 41.5 Å². The largest absolute Gasteiger partial charge is 0.508 e. The molecule has 2 aromatic carbocycles. The van der Waals surface area contributed by atoms with Crippen molar-refractivity contribution in [1.82, 2.24) is 0 Å². The lowest BCUT2D eigenvalue weighted by molar-refractivity contribution is 0.0184. The molecule has 0 amide bonds. The summed E-state index contributed by atoms with van der Waals surface area (Å²) in [5, 5.41) is 48.8. The highest BCUT2D eigenvalue weighted by atomic mass is 16.5. The number of fused-ring (bicyclic) bond motifs is 1. The van der Waals surface area contributed by atoms with E-state index in [9.17, 15) is 25.5 Å². The highest BCUT2D eigenvalue weighted by Gasteiger charge is 2.33. The summed E-state index contributed by atoms with van der Waals surface area (Å²) in [5.41, 5.74) is 0.618. The number of benzene rings is 2. The third kappa shape index (κ3) is 2.30. The van der Waals surface area contributed by atoms with Gasteiger partial charge in [0.2, 0.25) is 0 Å². The number of phenolic OH excluding ortho intramolecular Hbond substituents is 4. The average Bonchev–Trinajstić information content (AvgIpc) is 2.42. The number of aliphatic hydroxyl groups excluding tert-OH is 1. The molecule has 0 aromatic heterocycles. The third-order valence-corrected chi connectivity index (χ3v) is 3.50. The summed E-state index contributed by atoms with van der Waals surface area (Å²) >= 11 is 0. The second-order valence-corrected chi connectivity index (χ2v) is 4.99. The third-order valence-electron chi connectivity index (χ3n) is 3.50. The standard InChI is InChI=1S/C15H14O6/c16-7-1-2-11(18)10(3-7)15-13(20)6-9-12(19)4-8(17)5-14(9)21-15/h1-5,13,15-20H,6H2. The van der Waals surface area contributed by atoms with Gasteiger partial charge < -0.3 is 30.3 Å². The molecular weight excluding hydrogens is 276 g/mol. The van der Waals surface area contributed by atoms with Crippen molar-refractivity contribution >= 4 is 0 Å². The zero-order valence-corrected chi connectivity index (χ0v) is 10.9. The highest BCUT2D eigenvalue weighted by molar-refractivity contribution is 5.52. The normalized spacial score (nSPS) is 20.6. The maximum atomic E-state index is 10.2. The lowest BCUT2D eigenvalue weighted by Gasteiger charge is -2.31. The Morgan fingerprint density at radius 1 is 0.905 bits per heavy atom. The Labute approximate surface area is 120 Å². The lowest BCUT2D eigenvalue weighted by Crippen LogP contribution is -2.30. The predicted octanol–water partition coefficient (Wildman–Crippen LogP) is 1.55.